The molecule has 1 atom stereocenters. The normalized spacial score (nSPS) is 16.7. The number of carbonyl (C=O) groups is 1. The van der Waals surface area contributed by atoms with Crippen LogP contribution < -0.4 is 10.0 Å². The van der Waals surface area contributed by atoms with E-state index >= 15 is 0 Å². The SMILES string of the molecule is O=C(Nc1ccc(S(=O)(=O)Nc2ccc(F)cc2)cc1)C1CCCN(S(=O)(=O)Cc2ccc(Cl)c(Cl)c2)C1. The standard InChI is InChI=1S/C25H24Cl2FN3O5S2/c26-23-12-3-17(14-24(23)27)16-37(33,34)31-13-1-2-18(15-31)25(32)29-20-8-10-22(11-9-20)38(35,36)30-21-6-4-19(28)5-7-21/h3-12,14,18,30H,1-2,13,15-16H2,(H,29,32). The fourth-order valence-electron chi connectivity index (χ4n) is 4.03. The van der Waals surface area contributed by atoms with Crippen LogP contribution in [0.1, 0.15) is 18.4 Å². The number of piperidine rings is 1. The van der Waals surface area contributed by atoms with Crippen LogP contribution in [0.2, 0.25) is 10.0 Å². The van der Waals surface area contributed by atoms with E-state index in [0.717, 1.165) is 12.1 Å². The molecule has 8 nitrogen and oxygen atoms in total. The first-order valence-electron chi connectivity index (χ1n) is 11.5. The Hall–Kier alpha value is -2.70. The molecule has 0 saturated carbocycles. The maximum Gasteiger partial charge on any atom is 0.261 e. The number of nitrogens with one attached hydrogen (secondary N) is 2. The minimum absolute atomic E-state index is 0.0313. The molecule has 0 bridgehead atoms. The van der Waals surface area contributed by atoms with Crippen LogP contribution in [-0.2, 0) is 30.6 Å². The van der Waals surface area contributed by atoms with Crippen molar-refractivity contribution in [1.82, 2.24) is 4.31 Å². The zero-order chi connectivity index (χ0) is 27.5. The zero-order valence-electron chi connectivity index (χ0n) is 19.9. The summed E-state index contributed by atoms with van der Waals surface area (Å²) in [7, 11) is -7.62. The van der Waals surface area contributed by atoms with Gasteiger partial charge in [0.1, 0.15) is 5.82 Å². The summed E-state index contributed by atoms with van der Waals surface area (Å²) in [6.07, 6.45) is 1.03. The maximum absolute atomic E-state index is 13.1. The molecular formula is C25H24Cl2FN3O5S2. The summed E-state index contributed by atoms with van der Waals surface area (Å²) in [5.41, 5.74) is 1.07. The van der Waals surface area contributed by atoms with Gasteiger partial charge in [0.15, 0.2) is 0 Å². The summed E-state index contributed by atoms with van der Waals surface area (Å²) < 4.78 is 67.9. The van der Waals surface area contributed by atoms with Crippen molar-refractivity contribution in [2.75, 3.05) is 23.1 Å². The highest BCUT2D eigenvalue weighted by Crippen LogP contribution is 2.27. The minimum Gasteiger partial charge on any atom is -0.326 e. The summed E-state index contributed by atoms with van der Waals surface area (Å²) in [4.78, 5) is 12.9. The third-order valence-electron chi connectivity index (χ3n) is 6.01. The molecule has 1 amide bonds. The Morgan fingerprint density at radius 1 is 0.921 bits per heavy atom. The van der Waals surface area contributed by atoms with Crippen molar-refractivity contribution in [3.8, 4) is 0 Å². The molecule has 3 aromatic carbocycles. The average Bonchev–Trinajstić information content (AvgIpc) is 2.88. The van der Waals surface area contributed by atoms with Crippen molar-refractivity contribution in [3.05, 3.63) is 88.2 Å². The van der Waals surface area contributed by atoms with Crippen molar-refractivity contribution in [1.29, 1.82) is 0 Å². The van der Waals surface area contributed by atoms with Gasteiger partial charge in [-0.1, -0.05) is 29.3 Å². The van der Waals surface area contributed by atoms with Crippen LogP contribution in [0.3, 0.4) is 0 Å². The predicted octanol–water partition coefficient (Wildman–Crippen LogP) is 5.11. The lowest BCUT2D eigenvalue weighted by Crippen LogP contribution is -2.44. The molecule has 202 valence electrons. The molecule has 1 aliphatic heterocycles. The Kier molecular flexibility index (Phi) is 8.63. The van der Waals surface area contributed by atoms with Crippen molar-refractivity contribution in [2.45, 2.75) is 23.5 Å². The number of hydrogen-bond donors (Lipinski definition) is 2. The Morgan fingerprint density at radius 2 is 1.58 bits per heavy atom. The third-order valence-corrected chi connectivity index (χ3v) is 9.96. The van der Waals surface area contributed by atoms with Crippen molar-refractivity contribution < 1.29 is 26.0 Å². The first-order valence-corrected chi connectivity index (χ1v) is 15.4. The van der Waals surface area contributed by atoms with Crippen molar-refractivity contribution in [3.63, 3.8) is 0 Å². The quantitative estimate of drug-likeness (QED) is 0.373. The van der Waals surface area contributed by atoms with E-state index in [1.807, 2.05) is 0 Å². The average molecular weight is 601 g/mol. The van der Waals surface area contributed by atoms with E-state index in [0.29, 0.717) is 35.7 Å². The molecule has 1 saturated heterocycles. The van der Waals surface area contributed by atoms with Crippen LogP contribution in [0.5, 0.6) is 0 Å². The molecule has 1 unspecified atom stereocenters. The number of hydrogen-bond acceptors (Lipinski definition) is 5. The van der Waals surface area contributed by atoms with Crippen LogP contribution >= 0.6 is 23.2 Å². The lowest BCUT2D eigenvalue weighted by atomic mass is 9.99. The van der Waals surface area contributed by atoms with Gasteiger partial charge in [0.25, 0.3) is 10.0 Å². The van der Waals surface area contributed by atoms with Gasteiger partial charge >= 0.3 is 0 Å². The minimum atomic E-state index is -3.92. The highest BCUT2D eigenvalue weighted by atomic mass is 35.5. The number of nitrogens with zero attached hydrogens (tertiary/aromatic N) is 1. The first-order chi connectivity index (χ1) is 17.9. The second-order valence-electron chi connectivity index (χ2n) is 8.83. The Labute approximate surface area is 230 Å². The molecule has 0 spiro atoms. The number of sulfonamides is 2. The summed E-state index contributed by atoms with van der Waals surface area (Å²) in [5.74, 6) is -1.69. The summed E-state index contributed by atoms with van der Waals surface area (Å²) >= 11 is 11.9. The van der Waals surface area contributed by atoms with Crippen LogP contribution in [-0.4, -0.2) is 40.1 Å². The van der Waals surface area contributed by atoms with Crippen LogP contribution in [0, 0.1) is 11.7 Å². The molecule has 0 radical (unpaired) electrons. The number of halogens is 3. The maximum atomic E-state index is 13.1. The van der Waals surface area contributed by atoms with Gasteiger partial charge in [-0.2, -0.15) is 0 Å². The van der Waals surface area contributed by atoms with Gasteiger partial charge in [-0.3, -0.25) is 9.52 Å². The molecule has 38 heavy (non-hydrogen) atoms. The van der Waals surface area contributed by atoms with Crippen LogP contribution in [0.4, 0.5) is 15.8 Å². The van der Waals surface area contributed by atoms with Gasteiger partial charge in [0.2, 0.25) is 15.9 Å². The molecule has 2 N–H and O–H groups in total. The molecule has 0 aliphatic carbocycles. The molecule has 0 aromatic heterocycles. The fourth-order valence-corrected chi connectivity index (χ4v) is 7.01. The number of carbonyl (C=O) groups excluding carboxylic acids is 1. The van der Waals surface area contributed by atoms with E-state index in [1.165, 1.54) is 52.8 Å². The van der Waals surface area contributed by atoms with Crippen molar-refractivity contribution in [2.24, 2.45) is 5.92 Å². The van der Waals surface area contributed by atoms with Gasteiger partial charge in [-0.25, -0.2) is 25.5 Å². The van der Waals surface area contributed by atoms with Gasteiger partial charge in [-0.15, -0.1) is 0 Å². The van der Waals surface area contributed by atoms with Crippen LogP contribution in [0.15, 0.2) is 71.6 Å². The Morgan fingerprint density at radius 3 is 2.24 bits per heavy atom. The molecule has 1 aliphatic rings. The number of anilines is 2. The van der Waals surface area contributed by atoms with E-state index in [2.05, 4.69) is 10.0 Å². The zero-order valence-corrected chi connectivity index (χ0v) is 23.0. The Balaban J connectivity index is 1.38. The topological polar surface area (TPSA) is 113 Å². The summed E-state index contributed by atoms with van der Waals surface area (Å²) in [6, 6.07) is 15.1. The largest absolute Gasteiger partial charge is 0.326 e. The Bertz CT molecular complexity index is 1530. The van der Waals surface area contributed by atoms with E-state index in [-0.39, 0.29) is 33.8 Å². The van der Waals surface area contributed by atoms with E-state index < -0.39 is 31.8 Å². The van der Waals surface area contributed by atoms with Gasteiger partial charge in [0.05, 0.1) is 26.6 Å². The lowest BCUT2D eigenvalue weighted by molar-refractivity contribution is -0.120. The summed E-state index contributed by atoms with van der Waals surface area (Å²) in [5, 5.41) is 3.33. The fraction of sp³-hybridized carbons (Fsp3) is 0.240. The van der Waals surface area contributed by atoms with E-state index in [4.69, 9.17) is 23.2 Å². The second-order valence-corrected chi connectivity index (χ2v) is 13.3. The molecular weight excluding hydrogens is 576 g/mol. The van der Waals surface area contributed by atoms with Crippen molar-refractivity contribution >= 4 is 60.5 Å². The van der Waals surface area contributed by atoms with Gasteiger partial charge in [-0.05, 0) is 79.1 Å². The van der Waals surface area contributed by atoms with Gasteiger partial charge < -0.3 is 5.32 Å². The number of rotatable bonds is 8. The molecule has 1 heterocycles. The predicted molar refractivity (Wildman–Crippen MR) is 146 cm³/mol. The lowest BCUT2D eigenvalue weighted by Gasteiger charge is -2.31. The third kappa shape index (κ3) is 7.03. The summed E-state index contributed by atoms with van der Waals surface area (Å²) in [6.45, 7) is 0.338. The van der Waals surface area contributed by atoms with Crippen LogP contribution in [0.25, 0.3) is 0 Å². The molecule has 1 fully saturated rings. The smallest absolute Gasteiger partial charge is 0.261 e. The molecule has 13 heteroatoms. The first kappa shape index (κ1) is 28.3. The van der Waals surface area contributed by atoms with E-state index in [9.17, 15) is 26.0 Å². The molecule has 3 aromatic rings. The number of amides is 1. The highest BCUT2D eigenvalue weighted by Gasteiger charge is 2.32. The monoisotopic (exact) mass is 599 g/mol. The molecule has 4 rings (SSSR count). The second kappa shape index (κ2) is 11.6. The highest BCUT2D eigenvalue weighted by molar-refractivity contribution is 7.92. The van der Waals surface area contributed by atoms with E-state index in [1.54, 1.807) is 6.07 Å². The number of benzene rings is 3. The van der Waals surface area contributed by atoms with Gasteiger partial charge in [0, 0.05) is 24.5 Å².